The fraction of sp³-hybridized carbons (Fsp3) is 0.632. The summed E-state index contributed by atoms with van der Waals surface area (Å²) in [4.78, 5) is 47.9. The standard InChI is InChI=1S/C19H27N5O3/c20-18(27)19(8-4-1-2-5-9-19)23-16(25)14-15(22-11-10-21-14)17(26)24-12-6-3-7-13-24/h10-11H,1-9,12-13H2,(H2,20,27)(H,23,25). The van der Waals surface area contributed by atoms with Gasteiger partial charge in [0.05, 0.1) is 0 Å². The molecule has 2 heterocycles. The summed E-state index contributed by atoms with van der Waals surface area (Å²) in [6, 6.07) is 0. The van der Waals surface area contributed by atoms with E-state index in [1.54, 1.807) is 4.90 Å². The zero-order valence-corrected chi connectivity index (χ0v) is 15.6. The van der Waals surface area contributed by atoms with Crippen molar-refractivity contribution in [3.8, 4) is 0 Å². The van der Waals surface area contributed by atoms with Crippen molar-refractivity contribution in [3.05, 3.63) is 23.8 Å². The summed E-state index contributed by atoms with van der Waals surface area (Å²) < 4.78 is 0. The van der Waals surface area contributed by atoms with E-state index in [-0.39, 0.29) is 17.3 Å². The van der Waals surface area contributed by atoms with Gasteiger partial charge in [-0.1, -0.05) is 25.7 Å². The lowest BCUT2D eigenvalue weighted by Crippen LogP contribution is -2.57. The number of nitrogens with zero attached hydrogens (tertiary/aromatic N) is 3. The number of nitrogens with one attached hydrogen (secondary N) is 1. The van der Waals surface area contributed by atoms with Crippen molar-refractivity contribution < 1.29 is 14.4 Å². The van der Waals surface area contributed by atoms with Crippen molar-refractivity contribution >= 4 is 17.7 Å². The summed E-state index contributed by atoms with van der Waals surface area (Å²) in [6.07, 6.45) is 10.4. The maximum atomic E-state index is 13.0. The molecule has 1 aliphatic carbocycles. The van der Waals surface area contributed by atoms with Gasteiger partial charge in [0.15, 0.2) is 11.4 Å². The van der Waals surface area contributed by atoms with Gasteiger partial charge in [0, 0.05) is 25.5 Å². The van der Waals surface area contributed by atoms with Crippen molar-refractivity contribution in [3.63, 3.8) is 0 Å². The number of hydrogen-bond acceptors (Lipinski definition) is 5. The molecule has 0 unspecified atom stereocenters. The van der Waals surface area contributed by atoms with Gasteiger partial charge >= 0.3 is 0 Å². The second kappa shape index (κ2) is 8.45. The predicted molar refractivity (Wildman–Crippen MR) is 98.9 cm³/mol. The molecular formula is C19H27N5O3. The van der Waals surface area contributed by atoms with Crippen LogP contribution in [-0.2, 0) is 4.79 Å². The van der Waals surface area contributed by atoms with Crippen molar-refractivity contribution in [1.29, 1.82) is 0 Å². The van der Waals surface area contributed by atoms with Crippen LogP contribution in [0.4, 0.5) is 0 Å². The van der Waals surface area contributed by atoms with E-state index in [1.807, 2.05) is 0 Å². The molecule has 3 N–H and O–H groups in total. The first-order valence-electron chi connectivity index (χ1n) is 9.76. The lowest BCUT2D eigenvalue weighted by molar-refractivity contribution is -0.124. The van der Waals surface area contributed by atoms with Crippen LogP contribution in [0.1, 0.15) is 78.8 Å². The highest BCUT2D eigenvalue weighted by atomic mass is 16.2. The number of hydrogen-bond donors (Lipinski definition) is 2. The maximum absolute atomic E-state index is 13.0. The van der Waals surface area contributed by atoms with Crippen LogP contribution in [0.2, 0.25) is 0 Å². The quantitative estimate of drug-likeness (QED) is 0.774. The van der Waals surface area contributed by atoms with Gasteiger partial charge in [0.1, 0.15) is 5.54 Å². The van der Waals surface area contributed by atoms with Gasteiger partial charge in [-0.15, -0.1) is 0 Å². The van der Waals surface area contributed by atoms with Crippen LogP contribution in [0.5, 0.6) is 0 Å². The molecule has 0 bridgehead atoms. The molecular weight excluding hydrogens is 346 g/mol. The summed E-state index contributed by atoms with van der Waals surface area (Å²) in [5, 5.41) is 2.80. The molecule has 2 aliphatic rings. The zero-order chi connectivity index (χ0) is 19.3. The Balaban J connectivity index is 1.84. The van der Waals surface area contributed by atoms with Crippen LogP contribution in [0.15, 0.2) is 12.4 Å². The molecule has 3 amide bonds. The normalized spacial score (nSPS) is 19.8. The van der Waals surface area contributed by atoms with Crippen molar-refractivity contribution in [2.24, 2.45) is 5.73 Å². The Morgan fingerprint density at radius 2 is 1.44 bits per heavy atom. The SMILES string of the molecule is NC(=O)C1(NC(=O)c2nccnc2C(=O)N2CCCCC2)CCCCCC1. The van der Waals surface area contributed by atoms with Gasteiger partial charge < -0.3 is 16.0 Å². The minimum absolute atomic E-state index is 0.0325. The molecule has 8 heteroatoms. The van der Waals surface area contributed by atoms with Gasteiger partial charge in [0.2, 0.25) is 5.91 Å². The highest BCUT2D eigenvalue weighted by Crippen LogP contribution is 2.27. The lowest BCUT2D eigenvalue weighted by atomic mass is 9.89. The Labute approximate surface area is 158 Å². The second-order valence-electron chi connectivity index (χ2n) is 7.42. The van der Waals surface area contributed by atoms with Crippen molar-refractivity contribution in [2.45, 2.75) is 63.3 Å². The Bertz CT molecular complexity index is 707. The van der Waals surface area contributed by atoms with Gasteiger partial charge in [-0.25, -0.2) is 9.97 Å². The molecule has 0 atom stereocenters. The Morgan fingerprint density at radius 3 is 2.04 bits per heavy atom. The number of rotatable bonds is 4. The van der Waals surface area contributed by atoms with E-state index in [0.717, 1.165) is 44.9 Å². The molecule has 1 aromatic rings. The molecule has 0 radical (unpaired) electrons. The van der Waals surface area contributed by atoms with E-state index < -0.39 is 17.4 Å². The van der Waals surface area contributed by atoms with Crippen molar-refractivity contribution in [1.82, 2.24) is 20.2 Å². The third kappa shape index (κ3) is 4.26. The lowest BCUT2D eigenvalue weighted by Gasteiger charge is -2.31. The maximum Gasteiger partial charge on any atom is 0.274 e. The van der Waals surface area contributed by atoms with E-state index in [2.05, 4.69) is 15.3 Å². The molecule has 0 spiro atoms. The third-order valence-electron chi connectivity index (χ3n) is 5.54. The third-order valence-corrected chi connectivity index (χ3v) is 5.54. The Hall–Kier alpha value is -2.51. The number of carbonyl (C=O) groups excluding carboxylic acids is 3. The van der Waals surface area contributed by atoms with Gasteiger partial charge in [-0.3, -0.25) is 14.4 Å². The number of primary amides is 1. The van der Waals surface area contributed by atoms with Gasteiger partial charge in [-0.05, 0) is 32.1 Å². The zero-order valence-electron chi connectivity index (χ0n) is 15.6. The summed E-state index contributed by atoms with van der Waals surface area (Å²) >= 11 is 0. The second-order valence-corrected chi connectivity index (χ2v) is 7.42. The van der Waals surface area contributed by atoms with Crippen LogP contribution in [-0.4, -0.2) is 51.2 Å². The fourth-order valence-corrected chi connectivity index (χ4v) is 3.95. The van der Waals surface area contributed by atoms with Crippen LogP contribution in [0.25, 0.3) is 0 Å². The minimum atomic E-state index is -1.09. The number of likely N-dealkylation sites (tertiary alicyclic amines) is 1. The highest BCUT2D eigenvalue weighted by Gasteiger charge is 2.39. The first-order valence-corrected chi connectivity index (χ1v) is 9.76. The van der Waals surface area contributed by atoms with E-state index in [4.69, 9.17) is 5.73 Å². The van der Waals surface area contributed by atoms with Crippen LogP contribution < -0.4 is 11.1 Å². The molecule has 146 valence electrons. The monoisotopic (exact) mass is 373 g/mol. The average molecular weight is 373 g/mol. The Kier molecular flexibility index (Phi) is 6.03. The van der Waals surface area contributed by atoms with Crippen LogP contribution >= 0.6 is 0 Å². The first kappa shape index (κ1) is 19.3. The molecule has 2 fully saturated rings. The van der Waals surface area contributed by atoms with Crippen LogP contribution in [0.3, 0.4) is 0 Å². The van der Waals surface area contributed by atoms with Gasteiger partial charge in [0.25, 0.3) is 11.8 Å². The molecule has 1 saturated carbocycles. The number of piperidine rings is 1. The fourth-order valence-electron chi connectivity index (χ4n) is 3.95. The topological polar surface area (TPSA) is 118 Å². The number of amides is 3. The summed E-state index contributed by atoms with van der Waals surface area (Å²) in [5.41, 5.74) is 4.55. The summed E-state index contributed by atoms with van der Waals surface area (Å²) in [6.45, 7) is 1.31. The molecule has 1 saturated heterocycles. The Morgan fingerprint density at radius 1 is 0.889 bits per heavy atom. The van der Waals surface area contributed by atoms with Crippen LogP contribution in [0, 0.1) is 0 Å². The first-order chi connectivity index (χ1) is 13.0. The van der Waals surface area contributed by atoms with E-state index in [0.29, 0.717) is 25.9 Å². The van der Waals surface area contributed by atoms with Gasteiger partial charge in [-0.2, -0.15) is 0 Å². The van der Waals surface area contributed by atoms with Crippen molar-refractivity contribution in [2.75, 3.05) is 13.1 Å². The average Bonchev–Trinajstić information content (AvgIpc) is 2.94. The molecule has 0 aromatic carbocycles. The number of aromatic nitrogens is 2. The number of carbonyl (C=O) groups is 3. The largest absolute Gasteiger partial charge is 0.368 e. The minimum Gasteiger partial charge on any atom is -0.368 e. The predicted octanol–water partition coefficient (Wildman–Crippen LogP) is 1.41. The number of nitrogens with two attached hydrogens (primary N) is 1. The molecule has 8 nitrogen and oxygen atoms in total. The molecule has 1 aromatic heterocycles. The van der Waals surface area contributed by atoms with E-state index >= 15 is 0 Å². The highest BCUT2D eigenvalue weighted by molar-refractivity contribution is 6.06. The van der Waals surface area contributed by atoms with E-state index in [9.17, 15) is 14.4 Å². The molecule has 27 heavy (non-hydrogen) atoms. The summed E-state index contributed by atoms with van der Waals surface area (Å²) in [5.74, 6) is -1.39. The summed E-state index contributed by atoms with van der Waals surface area (Å²) in [7, 11) is 0. The molecule has 1 aliphatic heterocycles. The molecule has 3 rings (SSSR count). The van der Waals surface area contributed by atoms with E-state index in [1.165, 1.54) is 12.4 Å². The smallest absolute Gasteiger partial charge is 0.274 e.